The Morgan fingerprint density at radius 3 is 2.75 bits per heavy atom. The maximum absolute atomic E-state index is 9.21. The van der Waals surface area contributed by atoms with E-state index < -0.39 is 0 Å². The zero-order valence-corrected chi connectivity index (χ0v) is 13.7. The molecular weight excluding hydrogens is 302 g/mol. The van der Waals surface area contributed by atoms with Crippen molar-refractivity contribution in [2.24, 2.45) is 0 Å². The summed E-state index contributed by atoms with van der Waals surface area (Å²) in [4.78, 5) is 8.70. The van der Waals surface area contributed by atoms with Crippen LogP contribution >= 0.6 is 0 Å². The van der Waals surface area contributed by atoms with E-state index in [4.69, 9.17) is 4.74 Å². The molecule has 5 nitrogen and oxygen atoms in total. The quantitative estimate of drug-likeness (QED) is 0.740. The molecule has 122 valence electrons. The number of aliphatic hydroxyl groups is 1. The minimum Gasteiger partial charge on any atom is -0.455 e. The molecule has 0 aliphatic carbocycles. The Kier molecular flexibility index (Phi) is 4.72. The smallest absolute Gasteiger partial charge is 0.148 e. The van der Waals surface area contributed by atoms with E-state index in [1.807, 2.05) is 56.3 Å². The number of pyridine rings is 2. The lowest BCUT2D eigenvalue weighted by Crippen LogP contribution is -1.96. The van der Waals surface area contributed by atoms with E-state index in [0.717, 1.165) is 28.4 Å². The molecule has 0 bridgehead atoms. The largest absolute Gasteiger partial charge is 0.455 e. The summed E-state index contributed by atoms with van der Waals surface area (Å²) in [7, 11) is 0. The second kappa shape index (κ2) is 7.10. The zero-order valence-electron chi connectivity index (χ0n) is 13.7. The molecule has 24 heavy (non-hydrogen) atoms. The first-order chi connectivity index (χ1) is 11.6. The lowest BCUT2D eigenvalue weighted by molar-refractivity contribution is 0.282. The number of rotatable bonds is 5. The van der Waals surface area contributed by atoms with E-state index in [1.165, 1.54) is 0 Å². The van der Waals surface area contributed by atoms with Crippen LogP contribution in [0.15, 0.2) is 54.7 Å². The summed E-state index contributed by atoms with van der Waals surface area (Å²) in [6.07, 6.45) is 1.69. The molecule has 2 heterocycles. The van der Waals surface area contributed by atoms with Gasteiger partial charge in [-0.3, -0.25) is 4.98 Å². The monoisotopic (exact) mass is 321 g/mol. The van der Waals surface area contributed by atoms with E-state index in [9.17, 15) is 5.11 Å². The van der Waals surface area contributed by atoms with Gasteiger partial charge >= 0.3 is 0 Å². The van der Waals surface area contributed by atoms with Crippen LogP contribution in [0.4, 0.5) is 11.5 Å². The average molecular weight is 321 g/mol. The van der Waals surface area contributed by atoms with Crippen molar-refractivity contribution >= 4 is 11.5 Å². The third kappa shape index (κ3) is 3.88. The molecule has 0 saturated carbocycles. The Bertz CT molecular complexity index is 850. The molecule has 0 fully saturated rings. The van der Waals surface area contributed by atoms with Crippen LogP contribution in [-0.2, 0) is 6.61 Å². The number of nitrogens with zero attached hydrogens (tertiary/aromatic N) is 2. The number of aromatic nitrogens is 2. The summed E-state index contributed by atoms with van der Waals surface area (Å²) in [5.74, 6) is 2.07. The van der Waals surface area contributed by atoms with Crippen LogP contribution < -0.4 is 10.1 Å². The standard InChI is InChI=1S/C19H19N3O2/c1-13-6-7-18(14(2)21-13)24-17-8-9-20-19(11-17)22-16-5-3-4-15(10-16)12-23/h3-11,23H,12H2,1-2H3,(H,20,22). The summed E-state index contributed by atoms with van der Waals surface area (Å²) in [6.45, 7) is 3.88. The molecule has 3 rings (SSSR count). The normalized spacial score (nSPS) is 10.5. The van der Waals surface area contributed by atoms with Crippen LogP contribution in [0, 0.1) is 13.8 Å². The van der Waals surface area contributed by atoms with Crippen LogP contribution in [0.5, 0.6) is 11.5 Å². The molecule has 0 spiro atoms. The third-order valence-electron chi connectivity index (χ3n) is 3.52. The van der Waals surface area contributed by atoms with Gasteiger partial charge in [0.25, 0.3) is 0 Å². The highest BCUT2D eigenvalue weighted by atomic mass is 16.5. The Labute approximate surface area is 141 Å². The Hall–Kier alpha value is -2.92. The average Bonchev–Trinajstić information content (AvgIpc) is 2.58. The van der Waals surface area contributed by atoms with Crippen LogP contribution in [0.25, 0.3) is 0 Å². The van der Waals surface area contributed by atoms with Crippen molar-refractivity contribution in [3.63, 3.8) is 0 Å². The second-order valence-corrected chi connectivity index (χ2v) is 5.50. The molecule has 2 aromatic heterocycles. The lowest BCUT2D eigenvalue weighted by Gasteiger charge is -2.11. The molecule has 0 saturated heterocycles. The number of benzene rings is 1. The van der Waals surface area contributed by atoms with Crippen molar-refractivity contribution in [2.45, 2.75) is 20.5 Å². The molecule has 0 amide bonds. The SMILES string of the molecule is Cc1ccc(Oc2ccnc(Nc3cccc(CO)c3)c2)c(C)n1. The number of hydrogen-bond donors (Lipinski definition) is 2. The number of nitrogens with one attached hydrogen (secondary N) is 1. The second-order valence-electron chi connectivity index (χ2n) is 5.50. The minimum atomic E-state index is 0.00575. The van der Waals surface area contributed by atoms with Gasteiger partial charge in [0.1, 0.15) is 17.3 Å². The molecule has 3 aromatic rings. The fourth-order valence-corrected chi connectivity index (χ4v) is 2.35. The van der Waals surface area contributed by atoms with Crippen molar-refractivity contribution in [3.8, 4) is 11.5 Å². The summed E-state index contributed by atoms with van der Waals surface area (Å²) in [5, 5.41) is 12.4. The van der Waals surface area contributed by atoms with Crippen LogP contribution in [-0.4, -0.2) is 15.1 Å². The molecular formula is C19H19N3O2. The summed E-state index contributed by atoms with van der Waals surface area (Å²) in [5.41, 5.74) is 3.51. The van der Waals surface area contributed by atoms with Gasteiger partial charge in [-0.05, 0) is 49.7 Å². The molecule has 0 radical (unpaired) electrons. The van der Waals surface area contributed by atoms with Gasteiger partial charge in [0.2, 0.25) is 0 Å². The van der Waals surface area contributed by atoms with Gasteiger partial charge in [0.05, 0.1) is 12.3 Å². The highest BCUT2D eigenvalue weighted by Crippen LogP contribution is 2.26. The molecule has 0 aliphatic rings. The van der Waals surface area contributed by atoms with Crippen molar-refractivity contribution in [1.29, 1.82) is 0 Å². The van der Waals surface area contributed by atoms with Gasteiger partial charge in [-0.2, -0.15) is 0 Å². The Morgan fingerprint density at radius 1 is 1.08 bits per heavy atom. The third-order valence-corrected chi connectivity index (χ3v) is 3.52. The van der Waals surface area contributed by atoms with Crippen LogP contribution in [0.1, 0.15) is 17.0 Å². The van der Waals surface area contributed by atoms with E-state index >= 15 is 0 Å². The van der Waals surface area contributed by atoms with Crippen molar-refractivity contribution in [3.05, 3.63) is 71.7 Å². The summed E-state index contributed by atoms with van der Waals surface area (Å²) < 4.78 is 5.90. The van der Waals surface area contributed by atoms with Crippen molar-refractivity contribution < 1.29 is 9.84 Å². The number of hydrogen-bond acceptors (Lipinski definition) is 5. The lowest BCUT2D eigenvalue weighted by atomic mass is 10.2. The summed E-state index contributed by atoms with van der Waals surface area (Å²) in [6, 6.07) is 15.0. The fourth-order valence-electron chi connectivity index (χ4n) is 2.35. The zero-order chi connectivity index (χ0) is 16.9. The predicted octanol–water partition coefficient (Wildman–Crippen LogP) is 4.12. The van der Waals surface area contributed by atoms with Gasteiger partial charge in [0, 0.05) is 23.6 Å². The van der Waals surface area contributed by atoms with Crippen molar-refractivity contribution in [1.82, 2.24) is 9.97 Å². The topological polar surface area (TPSA) is 67.3 Å². The molecule has 1 aromatic carbocycles. The van der Waals surface area contributed by atoms with Gasteiger partial charge in [-0.1, -0.05) is 12.1 Å². The predicted molar refractivity (Wildman–Crippen MR) is 93.7 cm³/mol. The van der Waals surface area contributed by atoms with E-state index in [0.29, 0.717) is 11.6 Å². The minimum absolute atomic E-state index is 0.00575. The number of aliphatic hydroxyl groups excluding tert-OH is 1. The highest BCUT2D eigenvalue weighted by molar-refractivity contribution is 5.58. The Morgan fingerprint density at radius 2 is 1.96 bits per heavy atom. The van der Waals surface area contributed by atoms with E-state index in [1.54, 1.807) is 12.3 Å². The molecule has 2 N–H and O–H groups in total. The van der Waals surface area contributed by atoms with Gasteiger partial charge in [0.15, 0.2) is 0 Å². The van der Waals surface area contributed by atoms with E-state index in [2.05, 4.69) is 15.3 Å². The highest BCUT2D eigenvalue weighted by Gasteiger charge is 2.05. The van der Waals surface area contributed by atoms with Crippen LogP contribution in [0.2, 0.25) is 0 Å². The van der Waals surface area contributed by atoms with Crippen molar-refractivity contribution in [2.75, 3.05) is 5.32 Å². The Balaban J connectivity index is 1.78. The molecule has 0 atom stereocenters. The maximum atomic E-state index is 9.21. The number of aryl methyl sites for hydroxylation is 2. The number of anilines is 2. The van der Waals surface area contributed by atoms with Gasteiger partial charge < -0.3 is 15.2 Å². The maximum Gasteiger partial charge on any atom is 0.148 e. The summed E-state index contributed by atoms with van der Waals surface area (Å²) >= 11 is 0. The number of ether oxygens (including phenoxy) is 1. The first-order valence-electron chi connectivity index (χ1n) is 7.69. The fraction of sp³-hybridized carbons (Fsp3) is 0.158. The molecule has 0 aliphatic heterocycles. The van der Waals surface area contributed by atoms with Crippen LogP contribution in [0.3, 0.4) is 0 Å². The van der Waals surface area contributed by atoms with E-state index in [-0.39, 0.29) is 6.61 Å². The van der Waals surface area contributed by atoms with Gasteiger partial charge in [-0.25, -0.2) is 4.98 Å². The first kappa shape index (κ1) is 16.0. The molecule has 0 unspecified atom stereocenters. The van der Waals surface area contributed by atoms with Gasteiger partial charge in [-0.15, -0.1) is 0 Å². The molecule has 5 heteroatoms. The first-order valence-corrected chi connectivity index (χ1v) is 7.69.